The Hall–Kier alpha value is -1.94. The number of benzene rings is 1. The standard InChI is InChI=1S/C14H13FIN3O3/c1-19(22-2)14(21)9-4-6-12(20)18-13(9)17-11-5-3-8(16)7-10(11)15/h3-7H,1-2H3,(H2,17,18,20). The molecule has 2 N–H and O–H groups in total. The van der Waals surface area contributed by atoms with Gasteiger partial charge in [-0.3, -0.25) is 14.4 Å². The normalized spacial score (nSPS) is 10.4. The van der Waals surface area contributed by atoms with Crippen molar-refractivity contribution in [2.24, 2.45) is 0 Å². The van der Waals surface area contributed by atoms with E-state index in [4.69, 9.17) is 4.84 Å². The zero-order valence-corrected chi connectivity index (χ0v) is 14.0. The van der Waals surface area contributed by atoms with E-state index >= 15 is 0 Å². The van der Waals surface area contributed by atoms with E-state index in [2.05, 4.69) is 10.3 Å². The average molecular weight is 417 g/mol. The molecular weight excluding hydrogens is 404 g/mol. The summed E-state index contributed by atoms with van der Waals surface area (Å²) in [5.41, 5.74) is -0.108. The molecule has 0 radical (unpaired) electrons. The summed E-state index contributed by atoms with van der Waals surface area (Å²) in [4.78, 5) is 31.0. The van der Waals surface area contributed by atoms with Crippen LogP contribution in [0.5, 0.6) is 0 Å². The van der Waals surface area contributed by atoms with Crippen LogP contribution in [0.4, 0.5) is 15.9 Å². The van der Waals surface area contributed by atoms with Crippen molar-refractivity contribution >= 4 is 40.0 Å². The quantitative estimate of drug-likeness (QED) is 0.593. The molecule has 22 heavy (non-hydrogen) atoms. The summed E-state index contributed by atoms with van der Waals surface area (Å²) in [5.74, 6) is -0.872. The highest BCUT2D eigenvalue weighted by molar-refractivity contribution is 14.1. The van der Waals surface area contributed by atoms with Crippen LogP contribution in [0.2, 0.25) is 0 Å². The van der Waals surface area contributed by atoms with Gasteiger partial charge >= 0.3 is 0 Å². The fourth-order valence-electron chi connectivity index (χ4n) is 1.73. The third-order valence-corrected chi connectivity index (χ3v) is 3.57. The molecule has 6 nitrogen and oxygen atoms in total. The van der Waals surface area contributed by atoms with Crippen LogP contribution in [-0.4, -0.2) is 30.1 Å². The minimum absolute atomic E-state index is 0.0986. The molecule has 1 heterocycles. The second kappa shape index (κ2) is 6.88. The van der Waals surface area contributed by atoms with Gasteiger partial charge in [0.1, 0.15) is 11.6 Å². The number of hydrogen-bond acceptors (Lipinski definition) is 4. The molecular formula is C14H13FIN3O3. The number of amides is 1. The van der Waals surface area contributed by atoms with Gasteiger partial charge in [0.15, 0.2) is 0 Å². The predicted molar refractivity (Wildman–Crippen MR) is 88.6 cm³/mol. The third kappa shape index (κ3) is 3.63. The summed E-state index contributed by atoms with van der Waals surface area (Å²) in [6.07, 6.45) is 0. The van der Waals surface area contributed by atoms with E-state index in [0.29, 0.717) is 0 Å². The van der Waals surface area contributed by atoms with Crippen molar-refractivity contribution in [2.45, 2.75) is 0 Å². The molecule has 0 aliphatic rings. The van der Waals surface area contributed by atoms with Crippen LogP contribution >= 0.6 is 22.6 Å². The summed E-state index contributed by atoms with van der Waals surface area (Å²) in [7, 11) is 2.78. The number of hydroxylamine groups is 2. The Labute approximate surface area is 139 Å². The smallest absolute Gasteiger partial charge is 0.280 e. The van der Waals surface area contributed by atoms with Crippen molar-refractivity contribution in [2.75, 3.05) is 19.5 Å². The van der Waals surface area contributed by atoms with Crippen molar-refractivity contribution in [1.29, 1.82) is 0 Å². The van der Waals surface area contributed by atoms with Gasteiger partial charge < -0.3 is 10.3 Å². The van der Waals surface area contributed by atoms with Crippen molar-refractivity contribution in [1.82, 2.24) is 10.0 Å². The molecule has 0 unspecified atom stereocenters. The Morgan fingerprint density at radius 1 is 1.36 bits per heavy atom. The number of carbonyl (C=O) groups excluding carboxylic acids is 1. The number of carbonyl (C=O) groups is 1. The van der Waals surface area contributed by atoms with Gasteiger partial charge in [-0.2, -0.15) is 0 Å². The van der Waals surface area contributed by atoms with Gasteiger partial charge in [-0.15, -0.1) is 0 Å². The average Bonchev–Trinajstić information content (AvgIpc) is 2.49. The van der Waals surface area contributed by atoms with Crippen LogP contribution in [0, 0.1) is 9.39 Å². The molecule has 2 aromatic rings. The number of aromatic amines is 1. The fourth-order valence-corrected chi connectivity index (χ4v) is 2.18. The summed E-state index contributed by atoms with van der Waals surface area (Å²) in [6, 6.07) is 7.13. The molecule has 0 aliphatic carbocycles. The highest BCUT2D eigenvalue weighted by Gasteiger charge is 2.17. The number of hydrogen-bond donors (Lipinski definition) is 2. The molecule has 1 aromatic carbocycles. The molecule has 0 saturated heterocycles. The van der Waals surface area contributed by atoms with E-state index in [-0.39, 0.29) is 17.1 Å². The van der Waals surface area contributed by atoms with Crippen LogP contribution in [0.25, 0.3) is 0 Å². The molecule has 1 amide bonds. The molecule has 8 heteroatoms. The van der Waals surface area contributed by atoms with Gasteiger partial charge in [0.05, 0.1) is 18.4 Å². The van der Waals surface area contributed by atoms with Gasteiger partial charge in [0, 0.05) is 16.7 Å². The highest BCUT2D eigenvalue weighted by atomic mass is 127. The lowest BCUT2D eigenvalue weighted by Gasteiger charge is -2.16. The molecule has 1 aromatic heterocycles. The number of nitrogens with zero attached hydrogens (tertiary/aromatic N) is 1. The monoisotopic (exact) mass is 417 g/mol. The lowest BCUT2D eigenvalue weighted by atomic mass is 10.2. The molecule has 0 fully saturated rings. The molecule has 2 rings (SSSR count). The molecule has 0 bridgehead atoms. The summed E-state index contributed by atoms with van der Waals surface area (Å²) >= 11 is 1.99. The topological polar surface area (TPSA) is 74.4 Å². The Balaban J connectivity index is 2.43. The van der Waals surface area contributed by atoms with Gasteiger partial charge in [0.2, 0.25) is 5.56 Å². The maximum Gasteiger partial charge on any atom is 0.280 e. The lowest BCUT2D eigenvalue weighted by Crippen LogP contribution is -2.27. The van der Waals surface area contributed by atoms with Crippen molar-refractivity contribution in [3.8, 4) is 0 Å². The van der Waals surface area contributed by atoms with Gasteiger partial charge in [0.25, 0.3) is 5.91 Å². The SMILES string of the molecule is CON(C)C(=O)c1ccc(=O)[nH]c1Nc1ccc(I)cc1F. The zero-order valence-electron chi connectivity index (χ0n) is 11.8. The maximum atomic E-state index is 13.9. The third-order valence-electron chi connectivity index (χ3n) is 2.90. The minimum atomic E-state index is -0.491. The maximum absolute atomic E-state index is 13.9. The van der Waals surface area contributed by atoms with E-state index in [9.17, 15) is 14.0 Å². The van der Waals surface area contributed by atoms with Gasteiger partial charge in [-0.25, -0.2) is 9.45 Å². The second-order valence-corrected chi connectivity index (χ2v) is 5.59. The molecule has 0 atom stereocenters. The predicted octanol–water partition coefficient (Wildman–Crippen LogP) is 2.50. The first-order valence-corrected chi connectivity index (χ1v) is 7.28. The van der Waals surface area contributed by atoms with Gasteiger partial charge in [-0.05, 0) is 46.9 Å². The largest absolute Gasteiger partial charge is 0.339 e. The highest BCUT2D eigenvalue weighted by Crippen LogP contribution is 2.22. The zero-order chi connectivity index (χ0) is 16.3. The number of anilines is 2. The van der Waals surface area contributed by atoms with E-state index in [1.165, 1.54) is 38.4 Å². The van der Waals surface area contributed by atoms with Crippen molar-refractivity contribution in [3.63, 3.8) is 0 Å². The molecule has 116 valence electrons. The Morgan fingerprint density at radius 3 is 2.73 bits per heavy atom. The first-order valence-electron chi connectivity index (χ1n) is 6.20. The first kappa shape index (κ1) is 16.4. The van der Waals surface area contributed by atoms with Crippen molar-refractivity contribution < 1.29 is 14.0 Å². The number of aromatic nitrogens is 1. The number of halogens is 2. The Bertz CT molecular complexity index is 763. The molecule has 0 spiro atoms. The lowest BCUT2D eigenvalue weighted by molar-refractivity contribution is -0.0756. The number of rotatable bonds is 4. The second-order valence-electron chi connectivity index (χ2n) is 4.35. The number of H-pyrrole nitrogens is 1. The van der Waals surface area contributed by atoms with Crippen LogP contribution in [0.1, 0.15) is 10.4 Å². The van der Waals surface area contributed by atoms with Crippen LogP contribution in [-0.2, 0) is 4.84 Å². The van der Waals surface area contributed by atoms with Crippen LogP contribution in [0.3, 0.4) is 0 Å². The first-order chi connectivity index (χ1) is 10.4. The van der Waals surface area contributed by atoms with Crippen LogP contribution < -0.4 is 10.9 Å². The molecule has 0 saturated carbocycles. The summed E-state index contributed by atoms with van der Waals surface area (Å²) in [5, 5.41) is 3.73. The minimum Gasteiger partial charge on any atom is -0.339 e. The van der Waals surface area contributed by atoms with E-state index in [0.717, 1.165) is 8.63 Å². The van der Waals surface area contributed by atoms with E-state index in [1.54, 1.807) is 6.07 Å². The molecule has 0 aliphatic heterocycles. The summed E-state index contributed by atoms with van der Waals surface area (Å²) in [6.45, 7) is 0. The van der Waals surface area contributed by atoms with E-state index in [1.807, 2.05) is 22.6 Å². The number of nitrogens with one attached hydrogen (secondary N) is 2. The Kier molecular flexibility index (Phi) is 5.14. The number of pyridine rings is 1. The van der Waals surface area contributed by atoms with Gasteiger partial charge in [-0.1, -0.05) is 0 Å². The van der Waals surface area contributed by atoms with Crippen molar-refractivity contribution in [3.05, 3.63) is 55.6 Å². The van der Waals surface area contributed by atoms with Crippen LogP contribution in [0.15, 0.2) is 35.1 Å². The Morgan fingerprint density at radius 2 is 2.09 bits per heavy atom. The summed E-state index contributed by atoms with van der Waals surface area (Å²) < 4.78 is 14.6. The fraction of sp³-hybridized carbons (Fsp3) is 0.143. The van der Waals surface area contributed by atoms with E-state index < -0.39 is 17.3 Å².